The molecule has 0 fully saturated rings. The van der Waals surface area contributed by atoms with E-state index in [1.165, 1.54) is 5.56 Å². The molecule has 1 atom stereocenters. The van der Waals surface area contributed by atoms with Crippen LogP contribution in [0.3, 0.4) is 0 Å². The van der Waals surface area contributed by atoms with Crippen molar-refractivity contribution >= 4 is 27.3 Å². The molecule has 2 N–H and O–H groups in total. The molecule has 2 aromatic carbocycles. The molecule has 0 amide bonds. The van der Waals surface area contributed by atoms with Crippen LogP contribution in [-0.4, -0.2) is 10.2 Å². The fraction of sp³-hybridized carbons (Fsp3) is 0.125. The summed E-state index contributed by atoms with van der Waals surface area (Å²) in [5.74, 6) is 0. The fourth-order valence-electron chi connectivity index (χ4n) is 2.10. The number of rotatable bonds is 3. The molecular formula is C16H14BrN3S. The Hall–Kier alpha value is -1.56. The van der Waals surface area contributed by atoms with Gasteiger partial charge in [0.1, 0.15) is 10.0 Å². The van der Waals surface area contributed by atoms with E-state index in [2.05, 4.69) is 45.2 Å². The second kappa shape index (κ2) is 6.05. The second-order valence-corrected chi connectivity index (χ2v) is 6.72. The first-order chi connectivity index (χ1) is 10.1. The number of hydrogen-bond donors (Lipinski definition) is 1. The van der Waals surface area contributed by atoms with E-state index in [9.17, 15) is 0 Å². The molecule has 3 nitrogen and oxygen atoms in total. The van der Waals surface area contributed by atoms with Gasteiger partial charge in [-0.15, -0.1) is 10.2 Å². The monoisotopic (exact) mass is 359 g/mol. The van der Waals surface area contributed by atoms with Gasteiger partial charge in [0.2, 0.25) is 0 Å². The highest BCUT2D eigenvalue weighted by molar-refractivity contribution is 9.10. The van der Waals surface area contributed by atoms with Gasteiger partial charge in [-0.25, -0.2) is 0 Å². The van der Waals surface area contributed by atoms with Gasteiger partial charge in [0.15, 0.2) is 0 Å². The van der Waals surface area contributed by atoms with Crippen LogP contribution < -0.4 is 5.73 Å². The number of nitrogens with zero attached hydrogens (tertiary/aromatic N) is 2. The van der Waals surface area contributed by atoms with Gasteiger partial charge in [-0.1, -0.05) is 63.7 Å². The maximum Gasteiger partial charge on any atom is 0.148 e. The van der Waals surface area contributed by atoms with Crippen molar-refractivity contribution in [2.45, 2.75) is 13.0 Å². The molecule has 0 aliphatic heterocycles. The third-order valence-electron chi connectivity index (χ3n) is 3.30. The predicted molar refractivity (Wildman–Crippen MR) is 90.3 cm³/mol. The van der Waals surface area contributed by atoms with Crippen LogP contribution in [0.15, 0.2) is 53.0 Å². The lowest BCUT2D eigenvalue weighted by Gasteiger charge is -2.07. The summed E-state index contributed by atoms with van der Waals surface area (Å²) in [4.78, 5) is 0. The smallest absolute Gasteiger partial charge is 0.148 e. The lowest BCUT2D eigenvalue weighted by atomic mass is 10.1. The topological polar surface area (TPSA) is 51.8 Å². The van der Waals surface area contributed by atoms with Crippen molar-refractivity contribution < 1.29 is 0 Å². The quantitative estimate of drug-likeness (QED) is 0.757. The van der Waals surface area contributed by atoms with E-state index < -0.39 is 0 Å². The Balaban J connectivity index is 1.95. The second-order valence-electron chi connectivity index (χ2n) is 4.79. The van der Waals surface area contributed by atoms with Crippen molar-refractivity contribution in [1.82, 2.24) is 10.2 Å². The molecule has 0 spiro atoms. The van der Waals surface area contributed by atoms with Crippen LogP contribution in [0, 0.1) is 6.92 Å². The summed E-state index contributed by atoms with van der Waals surface area (Å²) < 4.78 is 1.03. The molecule has 106 valence electrons. The number of nitrogens with two attached hydrogens (primary N) is 1. The summed E-state index contributed by atoms with van der Waals surface area (Å²) in [5, 5.41) is 10.3. The zero-order valence-corrected chi connectivity index (χ0v) is 13.9. The van der Waals surface area contributed by atoms with Gasteiger partial charge < -0.3 is 5.73 Å². The van der Waals surface area contributed by atoms with Gasteiger partial charge in [0.05, 0.1) is 6.04 Å². The molecule has 3 rings (SSSR count). The van der Waals surface area contributed by atoms with Gasteiger partial charge in [-0.2, -0.15) is 0 Å². The summed E-state index contributed by atoms with van der Waals surface area (Å²) >= 11 is 5.04. The zero-order chi connectivity index (χ0) is 14.8. The summed E-state index contributed by atoms with van der Waals surface area (Å²) in [6.07, 6.45) is 0. The fourth-order valence-corrected chi connectivity index (χ4v) is 3.41. The van der Waals surface area contributed by atoms with Crippen molar-refractivity contribution in [2.24, 2.45) is 5.73 Å². The number of hydrogen-bond acceptors (Lipinski definition) is 4. The first-order valence-electron chi connectivity index (χ1n) is 6.55. The third kappa shape index (κ3) is 3.05. The highest BCUT2D eigenvalue weighted by Gasteiger charge is 2.16. The molecule has 1 aromatic heterocycles. The Morgan fingerprint density at radius 3 is 2.62 bits per heavy atom. The van der Waals surface area contributed by atoms with Crippen molar-refractivity contribution in [2.75, 3.05) is 0 Å². The first-order valence-corrected chi connectivity index (χ1v) is 8.16. The standard InChI is InChI=1S/C16H14BrN3S/c1-10-7-8-12(17)9-13(10)15-19-20-16(21-15)14(18)11-5-3-2-4-6-11/h2-9,14H,18H2,1H3. The number of halogens is 1. The van der Waals surface area contributed by atoms with E-state index in [-0.39, 0.29) is 6.04 Å². The number of aryl methyl sites for hydroxylation is 1. The molecule has 0 aliphatic rings. The van der Waals surface area contributed by atoms with Crippen LogP contribution in [-0.2, 0) is 0 Å². The van der Waals surface area contributed by atoms with Gasteiger partial charge >= 0.3 is 0 Å². The molecule has 1 unspecified atom stereocenters. The van der Waals surface area contributed by atoms with E-state index in [1.807, 2.05) is 36.4 Å². The van der Waals surface area contributed by atoms with Gasteiger partial charge in [-0.3, -0.25) is 0 Å². The average Bonchev–Trinajstić information content (AvgIpc) is 2.99. The van der Waals surface area contributed by atoms with Gasteiger partial charge in [0, 0.05) is 10.0 Å². The Morgan fingerprint density at radius 1 is 1.10 bits per heavy atom. The molecule has 1 heterocycles. The van der Waals surface area contributed by atoms with Crippen molar-refractivity contribution in [3.63, 3.8) is 0 Å². The van der Waals surface area contributed by atoms with E-state index in [0.717, 1.165) is 25.6 Å². The summed E-state index contributed by atoms with van der Waals surface area (Å²) in [6.45, 7) is 2.07. The summed E-state index contributed by atoms with van der Waals surface area (Å²) in [5.41, 5.74) is 9.59. The predicted octanol–water partition coefficient (Wildman–Crippen LogP) is 4.32. The highest BCUT2D eigenvalue weighted by atomic mass is 79.9. The molecule has 0 saturated carbocycles. The zero-order valence-electron chi connectivity index (χ0n) is 11.5. The average molecular weight is 360 g/mol. The lowest BCUT2D eigenvalue weighted by Crippen LogP contribution is -2.11. The molecule has 21 heavy (non-hydrogen) atoms. The van der Waals surface area contributed by atoms with E-state index in [4.69, 9.17) is 5.73 Å². The minimum absolute atomic E-state index is 0.232. The van der Waals surface area contributed by atoms with Gasteiger partial charge in [0.25, 0.3) is 0 Å². The van der Waals surface area contributed by atoms with Crippen molar-refractivity contribution in [3.8, 4) is 10.6 Å². The minimum Gasteiger partial charge on any atom is -0.318 e. The summed E-state index contributed by atoms with van der Waals surface area (Å²) in [7, 11) is 0. The van der Waals surface area contributed by atoms with Crippen molar-refractivity contribution in [3.05, 3.63) is 69.1 Å². The van der Waals surface area contributed by atoms with E-state index in [1.54, 1.807) is 11.3 Å². The van der Waals surface area contributed by atoms with Gasteiger partial charge in [-0.05, 0) is 30.2 Å². The van der Waals surface area contributed by atoms with E-state index in [0.29, 0.717) is 0 Å². The number of aromatic nitrogens is 2. The molecule has 0 saturated heterocycles. The normalized spacial score (nSPS) is 12.3. The number of benzene rings is 2. The third-order valence-corrected chi connectivity index (χ3v) is 4.83. The molecular weight excluding hydrogens is 346 g/mol. The van der Waals surface area contributed by atoms with Crippen LogP contribution in [0.4, 0.5) is 0 Å². The SMILES string of the molecule is Cc1ccc(Br)cc1-c1nnc(C(N)c2ccccc2)s1. The van der Waals surface area contributed by atoms with E-state index >= 15 is 0 Å². The van der Waals surface area contributed by atoms with Crippen LogP contribution in [0.1, 0.15) is 22.2 Å². The maximum atomic E-state index is 6.27. The lowest BCUT2D eigenvalue weighted by molar-refractivity contribution is 0.831. The summed E-state index contributed by atoms with van der Waals surface area (Å²) in [6, 6.07) is 15.9. The Bertz CT molecular complexity index is 755. The molecule has 0 bridgehead atoms. The van der Waals surface area contributed by atoms with Crippen LogP contribution >= 0.6 is 27.3 Å². The Kier molecular flexibility index (Phi) is 4.14. The highest BCUT2D eigenvalue weighted by Crippen LogP contribution is 2.32. The Morgan fingerprint density at radius 2 is 1.86 bits per heavy atom. The maximum absolute atomic E-state index is 6.27. The molecule has 0 aliphatic carbocycles. The molecule has 5 heteroatoms. The van der Waals surface area contributed by atoms with Crippen LogP contribution in [0.2, 0.25) is 0 Å². The largest absolute Gasteiger partial charge is 0.318 e. The van der Waals surface area contributed by atoms with Crippen LogP contribution in [0.25, 0.3) is 10.6 Å². The van der Waals surface area contributed by atoms with Crippen LogP contribution in [0.5, 0.6) is 0 Å². The molecule has 0 radical (unpaired) electrons. The Labute approximate surface area is 136 Å². The molecule has 3 aromatic rings. The first kappa shape index (κ1) is 14.4. The van der Waals surface area contributed by atoms with Crippen molar-refractivity contribution in [1.29, 1.82) is 0 Å². The minimum atomic E-state index is -0.232.